The molecule has 88 valence electrons. The first-order valence-corrected chi connectivity index (χ1v) is 7.13. The fourth-order valence-corrected chi connectivity index (χ4v) is 2.90. The van der Waals surface area contributed by atoms with E-state index in [0.29, 0.717) is 18.4 Å². The average molecular weight is 325 g/mol. The molecular formula is C11H20INO2. The molecule has 0 bridgehead atoms. The maximum atomic E-state index is 11.7. The number of hydrogen-bond donors (Lipinski definition) is 1. The first kappa shape index (κ1) is 13.2. The van der Waals surface area contributed by atoms with Gasteiger partial charge in [-0.2, -0.15) is 0 Å². The van der Waals surface area contributed by atoms with Gasteiger partial charge in [0.05, 0.1) is 12.5 Å². The van der Waals surface area contributed by atoms with Gasteiger partial charge < -0.3 is 10.1 Å². The summed E-state index contributed by atoms with van der Waals surface area (Å²) in [5.41, 5.74) is 0. The Bertz CT molecular complexity index is 203. The van der Waals surface area contributed by atoms with Gasteiger partial charge in [-0.05, 0) is 18.8 Å². The van der Waals surface area contributed by atoms with Crippen molar-refractivity contribution in [3.05, 3.63) is 0 Å². The molecule has 1 fully saturated rings. The van der Waals surface area contributed by atoms with E-state index in [4.69, 9.17) is 4.74 Å². The third-order valence-electron chi connectivity index (χ3n) is 2.75. The van der Waals surface area contributed by atoms with Gasteiger partial charge in [0, 0.05) is 17.1 Å². The number of carbonyl (C=O) groups excluding carboxylic acids is 1. The van der Waals surface area contributed by atoms with Gasteiger partial charge >= 0.3 is 0 Å². The average Bonchev–Trinajstić information content (AvgIpc) is 2.66. The minimum absolute atomic E-state index is 0.136. The van der Waals surface area contributed by atoms with Crippen molar-refractivity contribution >= 4 is 28.5 Å². The summed E-state index contributed by atoms with van der Waals surface area (Å²) in [6.07, 6.45) is 2.81. The van der Waals surface area contributed by atoms with E-state index in [1.54, 1.807) is 0 Å². The number of ether oxygens (including phenoxy) is 1. The van der Waals surface area contributed by atoms with E-state index < -0.39 is 0 Å². The number of amides is 1. The Morgan fingerprint density at radius 2 is 2.33 bits per heavy atom. The third-order valence-corrected chi connectivity index (χ3v) is 3.70. The van der Waals surface area contributed by atoms with Crippen LogP contribution in [0.3, 0.4) is 0 Å². The number of alkyl halides is 1. The van der Waals surface area contributed by atoms with Crippen molar-refractivity contribution in [2.75, 3.05) is 11.0 Å². The maximum Gasteiger partial charge on any atom is 0.222 e. The summed E-state index contributed by atoms with van der Waals surface area (Å²) in [5.74, 6) is 0.632. The van der Waals surface area contributed by atoms with E-state index in [1.807, 2.05) is 0 Å². The van der Waals surface area contributed by atoms with Crippen LogP contribution in [-0.2, 0) is 9.53 Å². The zero-order valence-electron chi connectivity index (χ0n) is 9.46. The molecule has 1 amide bonds. The van der Waals surface area contributed by atoms with Crippen LogP contribution in [0.5, 0.6) is 0 Å². The topological polar surface area (TPSA) is 38.3 Å². The third kappa shape index (κ3) is 4.68. The van der Waals surface area contributed by atoms with E-state index >= 15 is 0 Å². The summed E-state index contributed by atoms with van der Waals surface area (Å²) in [4.78, 5) is 11.7. The van der Waals surface area contributed by atoms with Gasteiger partial charge in [0.1, 0.15) is 0 Å². The Morgan fingerprint density at radius 1 is 1.60 bits per heavy atom. The first-order chi connectivity index (χ1) is 7.13. The zero-order valence-corrected chi connectivity index (χ0v) is 11.6. The first-order valence-electron chi connectivity index (χ1n) is 5.60. The molecule has 0 aliphatic carbocycles. The lowest BCUT2D eigenvalue weighted by atomic mass is 10.1. The quantitative estimate of drug-likeness (QED) is 0.621. The molecule has 1 aliphatic rings. The minimum Gasteiger partial charge on any atom is -0.378 e. The Hall–Kier alpha value is 0.160. The molecule has 1 aliphatic heterocycles. The molecule has 0 aromatic rings. The second kappa shape index (κ2) is 6.68. The van der Waals surface area contributed by atoms with Crippen molar-refractivity contribution in [3.63, 3.8) is 0 Å². The van der Waals surface area contributed by atoms with Crippen LogP contribution in [0.15, 0.2) is 0 Å². The molecule has 0 saturated carbocycles. The second-order valence-corrected chi connectivity index (χ2v) is 5.29. The van der Waals surface area contributed by atoms with Crippen molar-refractivity contribution in [1.29, 1.82) is 0 Å². The van der Waals surface area contributed by atoms with E-state index in [1.165, 1.54) is 0 Å². The van der Waals surface area contributed by atoms with Gasteiger partial charge in [-0.25, -0.2) is 0 Å². The van der Waals surface area contributed by atoms with Crippen molar-refractivity contribution < 1.29 is 9.53 Å². The molecule has 0 aromatic heterocycles. The fraction of sp³-hybridized carbons (Fsp3) is 0.909. The summed E-state index contributed by atoms with van der Waals surface area (Å²) >= 11 is 2.32. The van der Waals surface area contributed by atoms with Gasteiger partial charge in [0.15, 0.2) is 0 Å². The molecule has 3 nitrogen and oxygen atoms in total. The standard InChI is InChI=1S/C11H20INO2/c1-8(2)10(7-12)13-11(14)6-9-4-3-5-15-9/h8-10H,3-7H2,1-2H3,(H,13,14). The van der Waals surface area contributed by atoms with E-state index in [0.717, 1.165) is 23.9 Å². The molecule has 4 heteroatoms. The molecule has 0 spiro atoms. The van der Waals surface area contributed by atoms with Crippen molar-refractivity contribution in [2.24, 2.45) is 5.92 Å². The number of halogens is 1. The van der Waals surface area contributed by atoms with Crippen LogP contribution in [0.2, 0.25) is 0 Å². The summed E-state index contributed by atoms with van der Waals surface area (Å²) in [6, 6.07) is 0.291. The minimum atomic E-state index is 0.136. The Kier molecular flexibility index (Phi) is 5.89. The summed E-state index contributed by atoms with van der Waals surface area (Å²) < 4.78 is 6.40. The van der Waals surface area contributed by atoms with Gasteiger partial charge in [-0.15, -0.1) is 0 Å². The maximum absolute atomic E-state index is 11.7. The highest BCUT2D eigenvalue weighted by Gasteiger charge is 2.21. The Labute approximate surface area is 105 Å². The van der Waals surface area contributed by atoms with E-state index in [2.05, 4.69) is 41.8 Å². The van der Waals surface area contributed by atoms with Crippen molar-refractivity contribution in [3.8, 4) is 0 Å². The number of hydrogen-bond acceptors (Lipinski definition) is 2. The number of rotatable bonds is 5. The van der Waals surface area contributed by atoms with Crippen LogP contribution in [0, 0.1) is 5.92 Å². The Balaban J connectivity index is 2.27. The smallest absolute Gasteiger partial charge is 0.222 e. The largest absolute Gasteiger partial charge is 0.378 e. The SMILES string of the molecule is CC(C)C(CI)NC(=O)CC1CCCO1. The second-order valence-electron chi connectivity index (χ2n) is 4.41. The number of carbonyl (C=O) groups is 1. The highest BCUT2D eigenvalue weighted by Crippen LogP contribution is 2.15. The van der Waals surface area contributed by atoms with Gasteiger partial charge in [-0.1, -0.05) is 36.4 Å². The molecule has 1 saturated heterocycles. The van der Waals surface area contributed by atoms with Crippen LogP contribution >= 0.6 is 22.6 Å². The molecule has 1 N–H and O–H groups in total. The summed E-state index contributed by atoms with van der Waals surface area (Å²) in [6.45, 7) is 5.09. The molecule has 1 rings (SSSR count). The molecular weight excluding hydrogens is 305 g/mol. The van der Waals surface area contributed by atoms with Crippen LogP contribution in [0.1, 0.15) is 33.1 Å². The van der Waals surface area contributed by atoms with E-state index in [-0.39, 0.29) is 12.0 Å². The zero-order chi connectivity index (χ0) is 11.3. The highest BCUT2D eigenvalue weighted by molar-refractivity contribution is 14.1. The van der Waals surface area contributed by atoms with Crippen molar-refractivity contribution in [2.45, 2.75) is 45.3 Å². The lowest BCUT2D eigenvalue weighted by molar-refractivity contribution is -0.124. The molecule has 15 heavy (non-hydrogen) atoms. The lowest BCUT2D eigenvalue weighted by Gasteiger charge is -2.20. The van der Waals surface area contributed by atoms with Crippen molar-refractivity contribution in [1.82, 2.24) is 5.32 Å². The molecule has 2 atom stereocenters. The van der Waals surface area contributed by atoms with Gasteiger partial charge in [0.25, 0.3) is 0 Å². The van der Waals surface area contributed by atoms with E-state index in [9.17, 15) is 4.79 Å². The predicted octanol–water partition coefficient (Wildman–Crippen LogP) is 2.13. The monoisotopic (exact) mass is 325 g/mol. The van der Waals surface area contributed by atoms with Crippen LogP contribution in [0.25, 0.3) is 0 Å². The fourth-order valence-electron chi connectivity index (χ4n) is 1.66. The molecule has 0 aromatic carbocycles. The predicted molar refractivity (Wildman–Crippen MR) is 69.2 cm³/mol. The highest BCUT2D eigenvalue weighted by atomic mass is 127. The molecule has 2 unspecified atom stereocenters. The normalized spacial score (nSPS) is 23.1. The van der Waals surface area contributed by atoms with Crippen LogP contribution in [0.4, 0.5) is 0 Å². The lowest BCUT2D eigenvalue weighted by Crippen LogP contribution is -2.40. The summed E-state index contributed by atoms with van der Waals surface area (Å²) in [7, 11) is 0. The molecule has 1 heterocycles. The molecule has 0 radical (unpaired) electrons. The van der Waals surface area contributed by atoms with Crippen LogP contribution < -0.4 is 5.32 Å². The van der Waals surface area contributed by atoms with Gasteiger partial charge in [0.2, 0.25) is 5.91 Å². The number of nitrogens with one attached hydrogen (secondary N) is 1. The Morgan fingerprint density at radius 3 is 2.80 bits per heavy atom. The van der Waals surface area contributed by atoms with Crippen LogP contribution in [-0.4, -0.2) is 29.1 Å². The van der Waals surface area contributed by atoms with Gasteiger partial charge in [-0.3, -0.25) is 4.79 Å². The summed E-state index contributed by atoms with van der Waals surface area (Å²) in [5, 5.41) is 3.07.